The lowest BCUT2D eigenvalue weighted by atomic mass is 9.78. The Hall–Kier alpha value is -3.49. The van der Waals surface area contributed by atoms with Gasteiger partial charge in [-0.3, -0.25) is 19.2 Å². The van der Waals surface area contributed by atoms with Crippen LogP contribution in [0.25, 0.3) is 0 Å². The number of Topliss-reactive ketones (excluding diaryl/α,β-unsaturated/α-hetero) is 3. The van der Waals surface area contributed by atoms with Gasteiger partial charge in [0.2, 0.25) is 5.79 Å². The van der Waals surface area contributed by atoms with E-state index >= 15 is 0 Å². The van der Waals surface area contributed by atoms with Crippen LogP contribution in [0, 0.1) is 35.5 Å². The summed E-state index contributed by atoms with van der Waals surface area (Å²) in [7, 11) is 8.58. The van der Waals surface area contributed by atoms with Gasteiger partial charge in [-0.25, -0.2) is 4.79 Å². The molecule has 17 heteroatoms. The first-order valence-electron chi connectivity index (χ1n) is 28.1. The summed E-state index contributed by atoms with van der Waals surface area (Å²) in [5, 5.41) is 21.6. The molecule has 0 radical (unpaired) electrons. The van der Waals surface area contributed by atoms with Gasteiger partial charge in [0, 0.05) is 65.0 Å². The van der Waals surface area contributed by atoms with Gasteiger partial charge in [0.1, 0.15) is 30.1 Å². The van der Waals surface area contributed by atoms with Gasteiger partial charge >= 0.3 is 5.97 Å². The predicted octanol–water partition coefficient (Wildman–Crippen LogP) is 6.80. The average molecular weight is 1070 g/mol. The third-order valence-electron chi connectivity index (χ3n) is 16.0. The highest BCUT2D eigenvalue weighted by molar-refractivity contribution is 6.39. The van der Waals surface area contributed by atoms with E-state index in [0.29, 0.717) is 70.2 Å². The SMILES string of the molecule is CO[C@@H]1/C(C)=C/[C@@H](C)C(=O)C[C@@H]([C@H](C)C[C@@H]2CC[C@@H](OCCO)[C@H](OC)C2)OC(=O)[C@@H]2CCCCN2C(=O)C(=O)[C@]2(O)O[C@@H](CC[C@H]2C)CC(OCCOCCN(C)C)/C(C)=C/C=C/C=C/[C@@H](C)C[C@@H](C)C(=O)[C@@H]1OC. The Balaban J connectivity index is 1.72. The number of aliphatic hydroxyl groups excluding tert-OH is 1. The summed E-state index contributed by atoms with van der Waals surface area (Å²) in [6.07, 6.45) is 13.1. The number of fused-ring (bicyclic) bond motifs is 3. The molecule has 3 aliphatic heterocycles. The standard InChI is InChI=1S/C59H96N2O15/c1-38-18-14-13-15-19-39(2)50(74-31-30-72-28-26-60(8)9)36-46-23-21-44(7)59(68,76-46)56(65)57(66)61-25-17-16-20-47(61)58(67)75-51(41(4)34-45-22-24-49(73-29-27-62)52(35-45)69-10)37-48(63)40(3)33-43(6)54(70-11)55(71-12)53(64)42(5)32-38/h13-15,18-19,33,38,40-42,44-47,49-52,54-55,62,68H,16-17,20-32,34-37H2,1-12H3/b15-13+,18-14+,39-19+,43-33+/t38-,40-,41-,42-,44-,45+,46+,47+,49-,50?,51+,52-,54-,55+,59-/m1/s1. The summed E-state index contributed by atoms with van der Waals surface area (Å²) in [6, 6.07) is -1.15. The van der Waals surface area contributed by atoms with E-state index in [1.165, 1.54) is 19.1 Å². The highest BCUT2D eigenvalue weighted by atomic mass is 16.6. The molecular formula is C59H96N2O15. The first-order chi connectivity index (χ1) is 36.2. The van der Waals surface area contributed by atoms with Crippen molar-refractivity contribution in [2.75, 3.05) is 81.5 Å². The molecule has 1 unspecified atom stereocenters. The lowest BCUT2D eigenvalue weighted by Crippen LogP contribution is -2.61. The minimum Gasteiger partial charge on any atom is -0.460 e. The highest BCUT2D eigenvalue weighted by Gasteiger charge is 2.53. The number of aliphatic hydroxyl groups is 2. The number of likely N-dealkylation sites (N-methyl/N-ethyl adjacent to an activating group) is 1. The largest absolute Gasteiger partial charge is 0.460 e. The van der Waals surface area contributed by atoms with Crippen molar-refractivity contribution in [3.05, 3.63) is 47.6 Å². The maximum Gasteiger partial charge on any atom is 0.329 e. The first kappa shape index (κ1) is 65.0. The minimum absolute atomic E-state index is 0.0350. The van der Waals surface area contributed by atoms with Crippen molar-refractivity contribution in [3.63, 3.8) is 0 Å². The van der Waals surface area contributed by atoms with Gasteiger partial charge in [0.05, 0.1) is 57.5 Å². The zero-order valence-corrected chi connectivity index (χ0v) is 48.1. The van der Waals surface area contributed by atoms with E-state index in [1.807, 2.05) is 84.0 Å². The Bertz CT molecular complexity index is 1970. The number of ketones is 3. The Morgan fingerprint density at radius 1 is 0.803 bits per heavy atom. The van der Waals surface area contributed by atoms with Gasteiger partial charge in [-0.15, -0.1) is 0 Å². The van der Waals surface area contributed by atoms with Crippen LogP contribution in [0.5, 0.6) is 0 Å². The molecule has 0 aromatic rings. The number of ether oxygens (including phenoxy) is 8. The molecule has 1 saturated carbocycles. The average Bonchev–Trinajstić information content (AvgIpc) is 3.40. The molecule has 1 aliphatic carbocycles. The molecule has 0 aromatic heterocycles. The number of hydrogen-bond acceptors (Lipinski definition) is 16. The fourth-order valence-corrected chi connectivity index (χ4v) is 11.3. The molecule has 2 N–H and O–H groups in total. The summed E-state index contributed by atoms with van der Waals surface area (Å²) in [4.78, 5) is 75.4. The van der Waals surface area contributed by atoms with E-state index in [2.05, 4.69) is 0 Å². The van der Waals surface area contributed by atoms with Crippen LogP contribution in [-0.2, 0) is 61.9 Å². The Labute approximate surface area is 454 Å². The van der Waals surface area contributed by atoms with Crippen LogP contribution in [0.4, 0.5) is 0 Å². The first-order valence-corrected chi connectivity index (χ1v) is 28.1. The van der Waals surface area contributed by atoms with Crippen molar-refractivity contribution in [3.8, 4) is 0 Å². The third-order valence-corrected chi connectivity index (χ3v) is 16.0. The van der Waals surface area contributed by atoms with Crippen LogP contribution in [0.2, 0.25) is 0 Å². The number of carbonyl (C=O) groups is 5. The maximum atomic E-state index is 14.6. The van der Waals surface area contributed by atoms with E-state index in [1.54, 1.807) is 27.0 Å². The number of piperidine rings is 1. The molecule has 3 heterocycles. The van der Waals surface area contributed by atoms with Crippen molar-refractivity contribution >= 4 is 29.2 Å². The van der Waals surface area contributed by atoms with E-state index in [9.17, 15) is 34.2 Å². The van der Waals surface area contributed by atoms with E-state index < -0.39 is 71.8 Å². The molecule has 432 valence electrons. The quantitative estimate of drug-likeness (QED) is 0.0706. The van der Waals surface area contributed by atoms with Crippen LogP contribution in [-0.4, -0.2) is 185 Å². The van der Waals surface area contributed by atoms with Crippen LogP contribution < -0.4 is 0 Å². The molecule has 76 heavy (non-hydrogen) atoms. The fraction of sp³-hybridized carbons (Fsp3) is 0.780. The molecule has 17 nitrogen and oxygen atoms in total. The lowest BCUT2D eigenvalue weighted by Gasteiger charge is -2.43. The second-order valence-electron chi connectivity index (χ2n) is 22.4. The van der Waals surface area contributed by atoms with Gasteiger partial charge in [0.25, 0.3) is 11.7 Å². The summed E-state index contributed by atoms with van der Waals surface area (Å²) < 4.78 is 48.4. The Morgan fingerprint density at radius 3 is 2.22 bits per heavy atom. The Kier molecular flexibility index (Phi) is 27.9. The molecule has 3 fully saturated rings. The molecule has 15 atom stereocenters. The van der Waals surface area contributed by atoms with Crippen molar-refractivity contribution in [2.45, 2.75) is 180 Å². The number of cyclic esters (lactones) is 1. The lowest BCUT2D eigenvalue weighted by molar-refractivity contribution is -0.266. The van der Waals surface area contributed by atoms with Crippen molar-refractivity contribution in [1.82, 2.24) is 9.80 Å². The minimum atomic E-state index is -2.47. The Morgan fingerprint density at radius 2 is 1.54 bits per heavy atom. The second kappa shape index (κ2) is 32.6. The van der Waals surface area contributed by atoms with Gasteiger partial charge in [-0.2, -0.15) is 0 Å². The van der Waals surface area contributed by atoms with Crippen LogP contribution in [0.3, 0.4) is 0 Å². The molecule has 0 aromatic carbocycles. The maximum absolute atomic E-state index is 14.6. The number of esters is 1. The van der Waals surface area contributed by atoms with Gasteiger partial charge in [-0.1, -0.05) is 71.1 Å². The van der Waals surface area contributed by atoms with Crippen molar-refractivity contribution in [2.24, 2.45) is 35.5 Å². The molecule has 4 rings (SSSR count). The number of allylic oxidation sites excluding steroid dienone is 6. The molecule has 0 spiro atoms. The smallest absolute Gasteiger partial charge is 0.329 e. The number of nitrogens with zero attached hydrogens (tertiary/aromatic N) is 2. The highest BCUT2D eigenvalue weighted by Crippen LogP contribution is 2.38. The van der Waals surface area contributed by atoms with E-state index in [0.717, 1.165) is 18.5 Å². The fourth-order valence-electron chi connectivity index (χ4n) is 11.3. The van der Waals surface area contributed by atoms with Crippen molar-refractivity contribution < 1.29 is 72.1 Å². The van der Waals surface area contributed by atoms with Crippen LogP contribution in [0.15, 0.2) is 47.6 Å². The number of carbonyl (C=O) groups excluding carboxylic acids is 5. The van der Waals surface area contributed by atoms with Gasteiger partial charge in [-0.05, 0) is 121 Å². The van der Waals surface area contributed by atoms with Crippen LogP contribution in [0.1, 0.15) is 126 Å². The second-order valence-corrected chi connectivity index (χ2v) is 22.4. The third kappa shape index (κ3) is 19.1. The molecule has 4 aliphatic rings. The zero-order chi connectivity index (χ0) is 56.1. The van der Waals surface area contributed by atoms with Crippen LogP contribution >= 0.6 is 0 Å². The topological polar surface area (TPSA) is 206 Å². The van der Waals surface area contributed by atoms with Gasteiger partial charge < -0.3 is 57.9 Å². The molecule has 1 amide bonds. The number of rotatable bonds is 16. The number of methoxy groups -OCH3 is 3. The predicted molar refractivity (Wildman–Crippen MR) is 289 cm³/mol. The summed E-state index contributed by atoms with van der Waals surface area (Å²) in [5.41, 5.74) is 1.51. The molecule has 2 saturated heterocycles. The normalized spacial score (nSPS) is 36.4. The number of hydrogen-bond donors (Lipinski definition) is 2. The van der Waals surface area contributed by atoms with E-state index in [-0.39, 0.29) is 93.1 Å². The molecular weight excluding hydrogens is 977 g/mol. The summed E-state index contributed by atoms with van der Waals surface area (Å²) in [5.74, 6) is -7.63. The summed E-state index contributed by atoms with van der Waals surface area (Å²) >= 11 is 0. The zero-order valence-electron chi connectivity index (χ0n) is 48.1. The summed E-state index contributed by atoms with van der Waals surface area (Å²) in [6.45, 7) is 15.2. The monoisotopic (exact) mass is 1070 g/mol. The van der Waals surface area contributed by atoms with Gasteiger partial charge in [0.15, 0.2) is 5.78 Å². The van der Waals surface area contributed by atoms with Crippen molar-refractivity contribution in [1.29, 1.82) is 0 Å². The molecule has 2 bridgehead atoms. The van der Waals surface area contributed by atoms with E-state index in [4.69, 9.17) is 37.9 Å². The number of amides is 1.